The summed E-state index contributed by atoms with van der Waals surface area (Å²) < 4.78 is 64.7. The van der Waals surface area contributed by atoms with Crippen LogP contribution in [0.5, 0.6) is 0 Å². The maximum atomic E-state index is 13.0. The Morgan fingerprint density at radius 3 is 2.39 bits per heavy atom. The average molecular weight is 449 g/mol. The molecular formula is C21H18F3N3O3S. The maximum Gasteiger partial charge on any atom is 0.417 e. The third-order valence-electron chi connectivity index (χ3n) is 4.38. The van der Waals surface area contributed by atoms with Gasteiger partial charge in [0.25, 0.3) is 5.91 Å². The highest BCUT2D eigenvalue weighted by atomic mass is 32.2. The third kappa shape index (κ3) is 5.40. The molecule has 0 radical (unpaired) electrons. The number of carbonyl (C=O) groups excluding carboxylic acids is 1. The summed E-state index contributed by atoms with van der Waals surface area (Å²) in [6.45, 7) is -0.592. The predicted molar refractivity (Wildman–Crippen MR) is 113 cm³/mol. The zero-order chi connectivity index (χ0) is 22.6. The van der Waals surface area contributed by atoms with Crippen LogP contribution in [-0.2, 0) is 21.0 Å². The molecule has 10 heteroatoms. The molecule has 1 amide bonds. The van der Waals surface area contributed by atoms with Gasteiger partial charge < -0.3 is 0 Å². The molecule has 0 saturated heterocycles. The van der Waals surface area contributed by atoms with Gasteiger partial charge in [-0.2, -0.15) is 18.3 Å². The van der Waals surface area contributed by atoms with Gasteiger partial charge in [0, 0.05) is 10.9 Å². The molecule has 1 N–H and O–H groups in total. The van der Waals surface area contributed by atoms with Crippen LogP contribution in [-0.4, -0.2) is 33.3 Å². The maximum absolute atomic E-state index is 13.0. The summed E-state index contributed by atoms with van der Waals surface area (Å²) >= 11 is 0. The van der Waals surface area contributed by atoms with Gasteiger partial charge in [-0.25, -0.2) is 13.8 Å². The first-order valence-corrected chi connectivity index (χ1v) is 10.9. The van der Waals surface area contributed by atoms with Gasteiger partial charge in [0.05, 0.1) is 23.7 Å². The van der Waals surface area contributed by atoms with Gasteiger partial charge in [-0.3, -0.25) is 9.10 Å². The molecule has 0 saturated carbocycles. The Kier molecular flexibility index (Phi) is 6.30. The van der Waals surface area contributed by atoms with Crippen LogP contribution in [0, 0.1) is 0 Å². The number of nitrogens with zero attached hydrogens (tertiary/aromatic N) is 2. The minimum atomic E-state index is -4.58. The Morgan fingerprint density at radius 1 is 1.03 bits per heavy atom. The van der Waals surface area contributed by atoms with Gasteiger partial charge >= 0.3 is 6.18 Å². The van der Waals surface area contributed by atoms with Gasteiger partial charge in [0.1, 0.15) is 6.54 Å². The minimum Gasteiger partial charge on any atom is -0.271 e. The van der Waals surface area contributed by atoms with Crippen LogP contribution in [0.25, 0.3) is 10.8 Å². The number of anilines is 1. The number of nitrogens with one attached hydrogen (secondary N) is 1. The van der Waals surface area contributed by atoms with Crippen LogP contribution in [0.15, 0.2) is 71.8 Å². The van der Waals surface area contributed by atoms with Crippen LogP contribution >= 0.6 is 0 Å². The zero-order valence-corrected chi connectivity index (χ0v) is 17.1. The number of hydrazone groups is 1. The highest BCUT2D eigenvalue weighted by molar-refractivity contribution is 7.92. The van der Waals surface area contributed by atoms with Crippen molar-refractivity contribution in [2.45, 2.75) is 6.18 Å². The monoisotopic (exact) mass is 449 g/mol. The predicted octanol–water partition coefficient (Wildman–Crippen LogP) is 3.77. The second-order valence-electron chi connectivity index (χ2n) is 6.65. The largest absolute Gasteiger partial charge is 0.417 e. The normalized spacial score (nSPS) is 12.3. The molecule has 0 aliphatic rings. The Morgan fingerprint density at radius 2 is 1.68 bits per heavy atom. The second kappa shape index (κ2) is 8.76. The van der Waals surface area contributed by atoms with Crippen LogP contribution in [0.4, 0.5) is 18.9 Å². The number of hydrogen-bond donors (Lipinski definition) is 1. The Balaban J connectivity index is 1.82. The number of carbonyl (C=O) groups is 1. The molecule has 0 aromatic heterocycles. The fourth-order valence-electron chi connectivity index (χ4n) is 3.01. The molecule has 0 aliphatic heterocycles. The van der Waals surface area contributed by atoms with Gasteiger partial charge in [-0.1, -0.05) is 54.6 Å². The van der Waals surface area contributed by atoms with Gasteiger partial charge in [-0.05, 0) is 17.5 Å². The lowest BCUT2D eigenvalue weighted by atomic mass is 10.1. The number of sulfonamides is 1. The van der Waals surface area contributed by atoms with E-state index in [4.69, 9.17) is 0 Å². The summed E-state index contributed by atoms with van der Waals surface area (Å²) in [5.41, 5.74) is 1.26. The molecule has 0 heterocycles. The topological polar surface area (TPSA) is 78.8 Å². The lowest BCUT2D eigenvalue weighted by Gasteiger charge is -2.23. The zero-order valence-electron chi connectivity index (χ0n) is 16.3. The second-order valence-corrected chi connectivity index (χ2v) is 8.55. The molecule has 0 atom stereocenters. The van der Waals surface area contributed by atoms with Gasteiger partial charge in [0.15, 0.2) is 0 Å². The van der Waals surface area contributed by atoms with Crippen molar-refractivity contribution in [3.63, 3.8) is 0 Å². The van der Waals surface area contributed by atoms with Crippen LogP contribution < -0.4 is 9.73 Å². The van der Waals surface area contributed by atoms with Crippen LogP contribution in [0.2, 0.25) is 0 Å². The minimum absolute atomic E-state index is 0.232. The number of hydrogen-bond acceptors (Lipinski definition) is 4. The average Bonchev–Trinajstić information content (AvgIpc) is 2.70. The molecule has 3 aromatic carbocycles. The lowest BCUT2D eigenvalue weighted by molar-refractivity contribution is -0.137. The third-order valence-corrected chi connectivity index (χ3v) is 5.51. The number of rotatable bonds is 6. The van der Waals surface area contributed by atoms with E-state index in [1.54, 1.807) is 30.3 Å². The molecule has 6 nitrogen and oxygen atoms in total. The van der Waals surface area contributed by atoms with E-state index in [1.165, 1.54) is 18.2 Å². The van der Waals surface area contributed by atoms with Crippen molar-refractivity contribution < 1.29 is 26.4 Å². The number of halogens is 3. The number of fused-ring (bicyclic) bond motifs is 1. The molecule has 31 heavy (non-hydrogen) atoms. The quantitative estimate of drug-likeness (QED) is 0.460. The Bertz CT molecular complexity index is 1240. The van der Waals surface area contributed by atoms with Crippen LogP contribution in [0.3, 0.4) is 0 Å². The summed E-state index contributed by atoms with van der Waals surface area (Å²) in [6, 6.07) is 16.9. The summed E-state index contributed by atoms with van der Waals surface area (Å²) in [4.78, 5) is 12.3. The summed E-state index contributed by atoms with van der Waals surface area (Å²) in [5, 5.41) is 4.98. The van der Waals surface area contributed by atoms with E-state index >= 15 is 0 Å². The molecule has 3 aromatic rings. The van der Waals surface area contributed by atoms with Crippen molar-refractivity contribution in [1.82, 2.24) is 5.43 Å². The van der Waals surface area contributed by atoms with E-state index in [9.17, 15) is 26.4 Å². The molecule has 0 bridgehead atoms. The highest BCUT2D eigenvalue weighted by Crippen LogP contribution is 2.31. The van der Waals surface area contributed by atoms with E-state index in [2.05, 4.69) is 10.5 Å². The Labute approximate surface area is 177 Å². The van der Waals surface area contributed by atoms with Crippen molar-refractivity contribution in [2.24, 2.45) is 5.10 Å². The highest BCUT2D eigenvalue weighted by Gasteiger charge is 2.32. The van der Waals surface area contributed by atoms with Crippen molar-refractivity contribution in [2.75, 3.05) is 17.1 Å². The molecule has 3 rings (SSSR count). The van der Waals surface area contributed by atoms with E-state index in [0.29, 0.717) is 11.1 Å². The van der Waals surface area contributed by atoms with E-state index in [0.717, 1.165) is 28.2 Å². The smallest absolute Gasteiger partial charge is 0.271 e. The van der Waals surface area contributed by atoms with Crippen LogP contribution in [0.1, 0.15) is 11.1 Å². The summed E-state index contributed by atoms with van der Waals surface area (Å²) in [5.74, 6) is -0.806. The fraction of sp³-hybridized carbons (Fsp3) is 0.143. The van der Waals surface area contributed by atoms with Gasteiger partial charge in [0.2, 0.25) is 10.0 Å². The molecule has 0 unspecified atom stereocenters. The standard InChI is InChI=1S/C21H18F3N3O3S/c1-31(29,30)27(19-12-6-9-15-7-2-4-10-17(15)19)14-20(28)26-25-13-16-8-3-5-11-18(16)21(22,23)24/h2-13H,14H2,1H3,(H,26,28)/b25-13-. The molecule has 0 fully saturated rings. The first-order valence-electron chi connectivity index (χ1n) is 9.01. The SMILES string of the molecule is CS(=O)(=O)N(CC(=O)N/N=C\c1ccccc1C(F)(F)F)c1cccc2ccccc12. The van der Waals surface area contributed by atoms with Crippen molar-refractivity contribution in [3.05, 3.63) is 77.9 Å². The first-order chi connectivity index (χ1) is 14.6. The van der Waals surface area contributed by atoms with E-state index in [1.807, 2.05) is 12.1 Å². The molecule has 0 spiro atoms. The summed E-state index contributed by atoms with van der Waals surface area (Å²) in [7, 11) is -3.84. The van der Waals surface area contributed by atoms with E-state index in [-0.39, 0.29) is 5.56 Å². The Hall–Kier alpha value is -3.40. The van der Waals surface area contributed by atoms with Gasteiger partial charge in [-0.15, -0.1) is 0 Å². The lowest BCUT2D eigenvalue weighted by Crippen LogP contribution is -2.39. The van der Waals surface area contributed by atoms with E-state index < -0.39 is 34.2 Å². The van der Waals surface area contributed by atoms with Crippen molar-refractivity contribution in [1.29, 1.82) is 0 Å². The number of amides is 1. The molecule has 162 valence electrons. The number of alkyl halides is 3. The number of benzene rings is 3. The first kappa shape index (κ1) is 22.3. The molecule has 0 aliphatic carbocycles. The summed E-state index contributed by atoms with van der Waals surface area (Å²) in [6.07, 6.45) is -2.75. The van der Waals surface area contributed by atoms with Crippen molar-refractivity contribution in [3.8, 4) is 0 Å². The molecular weight excluding hydrogens is 431 g/mol. The van der Waals surface area contributed by atoms with Crippen molar-refractivity contribution >= 4 is 38.6 Å². The fourth-order valence-corrected chi connectivity index (χ4v) is 3.88.